The van der Waals surface area contributed by atoms with Crippen LogP contribution in [0.25, 0.3) is 16.8 Å². The summed E-state index contributed by atoms with van der Waals surface area (Å²) < 4.78 is 0. The van der Waals surface area contributed by atoms with E-state index in [1.54, 1.807) is 6.08 Å². The van der Waals surface area contributed by atoms with E-state index in [2.05, 4.69) is 10.6 Å². The smallest absolute Gasteiger partial charge is 0.250 e. The maximum absolute atomic E-state index is 11.9. The molecule has 0 aliphatic carbocycles. The van der Waals surface area contributed by atoms with Gasteiger partial charge in [0.2, 0.25) is 5.91 Å². The number of fused-ring (bicyclic) bond motifs is 1. The molecule has 0 aliphatic heterocycles. The molecule has 0 radical (unpaired) electrons. The zero-order valence-electron chi connectivity index (χ0n) is 12.9. The van der Waals surface area contributed by atoms with Crippen LogP contribution in [0, 0.1) is 0 Å². The third kappa shape index (κ3) is 4.27. The van der Waals surface area contributed by atoms with Crippen molar-refractivity contribution in [2.75, 3.05) is 5.32 Å². The van der Waals surface area contributed by atoms with Crippen LogP contribution < -0.4 is 10.6 Å². The minimum absolute atomic E-state index is 0.267. The average molecular weight is 332 g/mol. The van der Waals surface area contributed by atoms with Gasteiger partial charge in [-0.1, -0.05) is 60.7 Å². The molecule has 0 unspecified atom stereocenters. The monoisotopic (exact) mass is 332 g/mol. The molecule has 0 heterocycles. The molecule has 3 aromatic rings. The van der Waals surface area contributed by atoms with Gasteiger partial charge < -0.3 is 5.32 Å². The predicted octanol–water partition coefficient (Wildman–Crippen LogP) is 4.37. The number of carbonyl (C=O) groups excluding carboxylic acids is 1. The first-order valence-corrected chi connectivity index (χ1v) is 7.95. The van der Waals surface area contributed by atoms with Gasteiger partial charge in [0.1, 0.15) is 0 Å². The Morgan fingerprint density at radius 2 is 1.58 bits per heavy atom. The summed E-state index contributed by atoms with van der Waals surface area (Å²) in [4.78, 5) is 11.9. The van der Waals surface area contributed by atoms with E-state index in [1.807, 2.05) is 72.8 Å². The van der Waals surface area contributed by atoms with E-state index in [-0.39, 0.29) is 11.0 Å². The number of thiocarbonyl (C=S) groups is 1. The molecule has 3 nitrogen and oxygen atoms in total. The number of rotatable bonds is 3. The lowest BCUT2D eigenvalue weighted by Gasteiger charge is -2.09. The number of carbonyl (C=O) groups is 1. The van der Waals surface area contributed by atoms with Crippen molar-refractivity contribution in [2.24, 2.45) is 0 Å². The first kappa shape index (κ1) is 15.9. The van der Waals surface area contributed by atoms with Crippen LogP contribution in [0.2, 0.25) is 0 Å². The summed E-state index contributed by atoms with van der Waals surface area (Å²) in [5.41, 5.74) is 1.80. The van der Waals surface area contributed by atoms with E-state index in [4.69, 9.17) is 12.2 Å². The lowest BCUT2D eigenvalue weighted by atomic mass is 10.1. The van der Waals surface area contributed by atoms with Gasteiger partial charge in [0, 0.05) is 11.8 Å². The first-order chi connectivity index (χ1) is 11.7. The molecule has 0 fully saturated rings. The van der Waals surface area contributed by atoms with Crippen molar-refractivity contribution in [1.29, 1.82) is 0 Å². The Labute approximate surface area is 146 Å². The first-order valence-electron chi connectivity index (χ1n) is 7.54. The second-order valence-electron chi connectivity index (χ2n) is 5.25. The number of anilines is 1. The zero-order valence-corrected chi connectivity index (χ0v) is 13.7. The van der Waals surface area contributed by atoms with Gasteiger partial charge in [-0.2, -0.15) is 0 Å². The molecule has 24 heavy (non-hydrogen) atoms. The Balaban J connectivity index is 1.60. The highest BCUT2D eigenvalue weighted by Crippen LogP contribution is 2.18. The Morgan fingerprint density at radius 1 is 0.875 bits per heavy atom. The van der Waals surface area contributed by atoms with Gasteiger partial charge in [-0.25, -0.2) is 0 Å². The number of amides is 1. The molecule has 1 amide bonds. The van der Waals surface area contributed by atoms with Crippen molar-refractivity contribution in [3.63, 3.8) is 0 Å². The average Bonchev–Trinajstić information content (AvgIpc) is 2.60. The second-order valence-corrected chi connectivity index (χ2v) is 5.66. The van der Waals surface area contributed by atoms with Crippen molar-refractivity contribution in [2.45, 2.75) is 0 Å². The van der Waals surface area contributed by atoms with E-state index in [0.29, 0.717) is 0 Å². The van der Waals surface area contributed by atoms with Gasteiger partial charge in [-0.3, -0.25) is 10.1 Å². The topological polar surface area (TPSA) is 41.1 Å². The largest absolute Gasteiger partial charge is 0.332 e. The van der Waals surface area contributed by atoms with Gasteiger partial charge in [-0.05, 0) is 46.8 Å². The molecular weight excluding hydrogens is 316 g/mol. The van der Waals surface area contributed by atoms with Gasteiger partial charge in [0.05, 0.1) is 0 Å². The van der Waals surface area contributed by atoms with Crippen LogP contribution in [-0.2, 0) is 4.79 Å². The zero-order chi connectivity index (χ0) is 16.8. The van der Waals surface area contributed by atoms with E-state index in [1.165, 1.54) is 6.08 Å². The van der Waals surface area contributed by atoms with Crippen molar-refractivity contribution in [1.82, 2.24) is 5.32 Å². The SMILES string of the molecule is O=C(C=Cc1ccccc1)NC(=S)Nc1ccc2ccccc2c1. The molecule has 118 valence electrons. The van der Waals surface area contributed by atoms with Gasteiger partial charge in [0.25, 0.3) is 0 Å². The van der Waals surface area contributed by atoms with Crippen LogP contribution in [0.4, 0.5) is 5.69 Å². The summed E-state index contributed by atoms with van der Waals surface area (Å²) in [6.07, 6.45) is 3.21. The van der Waals surface area contributed by atoms with Crippen LogP contribution in [0.1, 0.15) is 5.56 Å². The van der Waals surface area contributed by atoms with E-state index < -0.39 is 0 Å². The fourth-order valence-corrected chi connectivity index (χ4v) is 2.54. The summed E-state index contributed by atoms with van der Waals surface area (Å²) in [6.45, 7) is 0. The third-order valence-corrected chi connectivity index (χ3v) is 3.67. The Kier molecular flexibility index (Phi) is 4.99. The molecule has 0 atom stereocenters. The highest BCUT2D eigenvalue weighted by Gasteiger charge is 2.02. The minimum atomic E-state index is -0.267. The summed E-state index contributed by atoms with van der Waals surface area (Å²) in [5.74, 6) is -0.267. The Morgan fingerprint density at radius 3 is 2.38 bits per heavy atom. The van der Waals surface area contributed by atoms with Crippen molar-refractivity contribution in [3.05, 3.63) is 84.4 Å². The van der Waals surface area contributed by atoms with Gasteiger partial charge in [-0.15, -0.1) is 0 Å². The van der Waals surface area contributed by atoms with Crippen molar-refractivity contribution >= 4 is 45.8 Å². The fraction of sp³-hybridized carbons (Fsp3) is 0. The third-order valence-electron chi connectivity index (χ3n) is 3.47. The van der Waals surface area contributed by atoms with Crippen LogP contribution in [0.5, 0.6) is 0 Å². The van der Waals surface area contributed by atoms with E-state index in [0.717, 1.165) is 22.0 Å². The van der Waals surface area contributed by atoms with Gasteiger partial charge in [0.15, 0.2) is 5.11 Å². The van der Waals surface area contributed by atoms with Crippen LogP contribution in [-0.4, -0.2) is 11.0 Å². The van der Waals surface area contributed by atoms with Crippen molar-refractivity contribution in [3.8, 4) is 0 Å². The van der Waals surface area contributed by atoms with Crippen molar-refractivity contribution < 1.29 is 4.79 Å². The quantitative estimate of drug-likeness (QED) is 0.553. The number of hydrogen-bond donors (Lipinski definition) is 2. The summed E-state index contributed by atoms with van der Waals surface area (Å²) in [7, 11) is 0. The number of benzene rings is 3. The van der Waals surface area contributed by atoms with Gasteiger partial charge >= 0.3 is 0 Å². The van der Waals surface area contributed by atoms with Crippen LogP contribution in [0.15, 0.2) is 78.9 Å². The molecule has 0 aliphatic rings. The number of hydrogen-bond acceptors (Lipinski definition) is 2. The highest BCUT2D eigenvalue weighted by molar-refractivity contribution is 7.80. The molecule has 0 spiro atoms. The lowest BCUT2D eigenvalue weighted by molar-refractivity contribution is -0.115. The molecule has 0 saturated heterocycles. The minimum Gasteiger partial charge on any atom is -0.332 e. The molecule has 4 heteroatoms. The Bertz CT molecular complexity index is 904. The standard InChI is InChI=1S/C20H16N2OS/c23-19(13-10-15-6-2-1-3-7-15)22-20(24)21-18-12-11-16-8-4-5-9-17(16)14-18/h1-14H,(H2,21,22,23,24). The van der Waals surface area contributed by atoms with E-state index in [9.17, 15) is 4.79 Å². The normalized spacial score (nSPS) is 10.7. The molecule has 0 aromatic heterocycles. The van der Waals surface area contributed by atoms with Crippen LogP contribution >= 0.6 is 12.2 Å². The maximum Gasteiger partial charge on any atom is 0.250 e. The molecule has 2 N–H and O–H groups in total. The summed E-state index contributed by atoms with van der Waals surface area (Å²) in [6, 6.07) is 23.6. The van der Waals surface area contributed by atoms with Crippen LogP contribution in [0.3, 0.4) is 0 Å². The molecule has 0 saturated carbocycles. The lowest BCUT2D eigenvalue weighted by Crippen LogP contribution is -2.32. The molecular formula is C20H16N2OS. The van der Waals surface area contributed by atoms with E-state index >= 15 is 0 Å². The number of nitrogens with one attached hydrogen (secondary N) is 2. The predicted molar refractivity (Wildman–Crippen MR) is 104 cm³/mol. The molecule has 3 rings (SSSR count). The highest BCUT2D eigenvalue weighted by atomic mass is 32.1. The fourth-order valence-electron chi connectivity index (χ4n) is 2.32. The summed E-state index contributed by atoms with van der Waals surface area (Å²) in [5, 5.41) is 8.21. The maximum atomic E-state index is 11.9. The Hall–Kier alpha value is -2.98. The summed E-state index contributed by atoms with van der Waals surface area (Å²) >= 11 is 5.19. The molecule has 0 bridgehead atoms. The molecule has 3 aromatic carbocycles. The second kappa shape index (κ2) is 7.53.